The Morgan fingerprint density at radius 2 is 2.04 bits per heavy atom. The Bertz CT molecular complexity index is 916. The molecule has 1 aliphatic heterocycles. The molecule has 1 fully saturated rings. The molecule has 1 unspecified atom stereocenters. The number of anilines is 2. The summed E-state index contributed by atoms with van der Waals surface area (Å²) >= 11 is 0. The van der Waals surface area contributed by atoms with Crippen LogP contribution in [0.1, 0.15) is 6.42 Å². The Balaban J connectivity index is 1.44. The Kier molecular flexibility index (Phi) is 3.81. The maximum atomic E-state index is 10.7. The van der Waals surface area contributed by atoms with E-state index in [-0.39, 0.29) is 11.7 Å². The molecule has 1 atom stereocenters. The summed E-state index contributed by atoms with van der Waals surface area (Å²) in [6.07, 6.45) is 5.47. The topological polar surface area (TPSA) is 110 Å². The van der Waals surface area contributed by atoms with Crippen LogP contribution < -0.4 is 10.2 Å². The summed E-state index contributed by atoms with van der Waals surface area (Å²) in [4.78, 5) is 29.5. The van der Waals surface area contributed by atoms with E-state index in [1.54, 1.807) is 18.5 Å². The van der Waals surface area contributed by atoms with Gasteiger partial charge in [0.15, 0.2) is 5.65 Å². The smallest absolute Gasteiger partial charge is 0.287 e. The van der Waals surface area contributed by atoms with Crippen LogP contribution in [0.5, 0.6) is 0 Å². The monoisotopic (exact) mass is 337 g/mol. The third-order valence-corrected chi connectivity index (χ3v) is 4.14. The molecule has 25 heavy (non-hydrogen) atoms. The van der Waals surface area contributed by atoms with Crippen LogP contribution in [-0.2, 0) is 0 Å². The number of rotatable bonds is 4. The van der Waals surface area contributed by atoms with E-state index in [1.165, 1.54) is 12.3 Å². The molecule has 0 saturated carbocycles. The number of pyridine rings is 2. The number of hydrogen-bond acceptors (Lipinski definition) is 8. The van der Waals surface area contributed by atoms with Crippen molar-refractivity contribution in [3.63, 3.8) is 0 Å². The van der Waals surface area contributed by atoms with E-state index in [2.05, 4.69) is 30.2 Å². The summed E-state index contributed by atoms with van der Waals surface area (Å²) in [7, 11) is 0. The number of nitrogens with one attached hydrogen (secondary N) is 1. The van der Waals surface area contributed by atoms with Gasteiger partial charge in [-0.15, -0.1) is 0 Å². The average molecular weight is 337 g/mol. The SMILES string of the molecule is O=[N+]([O-])c1ccc(NC2CCN(c3ccc4nccnc4n3)C2)nc1. The minimum Gasteiger partial charge on any atom is -0.365 e. The van der Waals surface area contributed by atoms with Crippen molar-refractivity contribution < 1.29 is 4.92 Å². The van der Waals surface area contributed by atoms with Gasteiger partial charge in [0, 0.05) is 37.6 Å². The Hall–Kier alpha value is -3.36. The number of fused-ring (bicyclic) bond motifs is 1. The van der Waals surface area contributed by atoms with E-state index in [1.807, 2.05) is 12.1 Å². The van der Waals surface area contributed by atoms with Gasteiger partial charge < -0.3 is 10.2 Å². The Morgan fingerprint density at radius 3 is 2.84 bits per heavy atom. The van der Waals surface area contributed by atoms with Gasteiger partial charge in [0.1, 0.15) is 23.3 Å². The van der Waals surface area contributed by atoms with Crippen LogP contribution >= 0.6 is 0 Å². The summed E-state index contributed by atoms with van der Waals surface area (Å²) in [5, 5.41) is 14.0. The van der Waals surface area contributed by atoms with Gasteiger partial charge in [0.2, 0.25) is 0 Å². The van der Waals surface area contributed by atoms with E-state index < -0.39 is 4.92 Å². The van der Waals surface area contributed by atoms with Gasteiger partial charge in [-0.2, -0.15) is 0 Å². The molecule has 0 radical (unpaired) electrons. The second-order valence-electron chi connectivity index (χ2n) is 5.80. The Morgan fingerprint density at radius 1 is 1.16 bits per heavy atom. The summed E-state index contributed by atoms with van der Waals surface area (Å²) in [6.45, 7) is 1.64. The van der Waals surface area contributed by atoms with Gasteiger partial charge in [-0.1, -0.05) is 0 Å². The molecular weight excluding hydrogens is 322 g/mol. The molecule has 1 aliphatic rings. The summed E-state index contributed by atoms with van der Waals surface area (Å²) in [5.74, 6) is 1.50. The molecular formula is C16H15N7O2. The first-order chi connectivity index (χ1) is 12.2. The van der Waals surface area contributed by atoms with Crippen LogP contribution in [0, 0.1) is 10.1 Å². The van der Waals surface area contributed by atoms with Gasteiger partial charge >= 0.3 is 0 Å². The lowest BCUT2D eigenvalue weighted by Crippen LogP contribution is -2.26. The van der Waals surface area contributed by atoms with Crippen LogP contribution in [0.4, 0.5) is 17.3 Å². The molecule has 0 aromatic carbocycles. The highest BCUT2D eigenvalue weighted by Crippen LogP contribution is 2.22. The third-order valence-electron chi connectivity index (χ3n) is 4.14. The standard InChI is InChI=1S/C16H15N7O2/c24-23(25)12-1-3-14(19-9-12)20-11-5-8-22(10-11)15-4-2-13-16(21-15)18-7-6-17-13/h1-4,6-7,9,11H,5,8,10H2,(H,19,20). The van der Waals surface area contributed by atoms with E-state index in [0.29, 0.717) is 11.5 Å². The Labute approximate surface area is 142 Å². The first-order valence-electron chi connectivity index (χ1n) is 7.89. The van der Waals surface area contributed by atoms with E-state index in [4.69, 9.17) is 0 Å². The van der Waals surface area contributed by atoms with Crippen molar-refractivity contribution in [2.75, 3.05) is 23.3 Å². The highest BCUT2D eigenvalue weighted by molar-refractivity contribution is 5.71. The second kappa shape index (κ2) is 6.27. The molecule has 0 bridgehead atoms. The zero-order valence-corrected chi connectivity index (χ0v) is 13.2. The number of hydrogen-bond donors (Lipinski definition) is 1. The van der Waals surface area contributed by atoms with Crippen LogP contribution in [0.25, 0.3) is 11.2 Å². The van der Waals surface area contributed by atoms with Crippen molar-refractivity contribution in [2.24, 2.45) is 0 Å². The summed E-state index contributed by atoms with van der Waals surface area (Å²) < 4.78 is 0. The zero-order valence-electron chi connectivity index (χ0n) is 13.2. The average Bonchev–Trinajstić information content (AvgIpc) is 3.10. The highest BCUT2D eigenvalue weighted by atomic mass is 16.6. The maximum absolute atomic E-state index is 10.7. The van der Waals surface area contributed by atoms with Crippen molar-refractivity contribution in [1.82, 2.24) is 19.9 Å². The lowest BCUT2D eigenvalue weighted by molar-refractivity contribution is -0.385. The quantitative estimate of drug-likeness (QED) is 0.569. The normalized spacial score (nSPS) is 17.0. The van der Waals surface area contributed by atoms with Crippen molar-refractivity contribution >= 4 is 28.5 Å². The van der Waals surface area contributed by atoms with Gasteiger partial charge in [0.25, 0.3) is 5.69 Å². The van der Waals surface area contributed by atoms with Gasteiger partial charge in [-0.05, 0) is 24.6 Å². The molecule has 9 heteroatoms. The lowest BCUT2D eigenvalue weighted by atomic mass is 10.2. The molecule has 3 aromatic rings. The van der Waals surface area contributed by atoms with Crippen molar-refractivity contribution in [2.45, 2.75) is 12.5 Å². The van der Waals surface area contributed by atoms with Crippen molar-refractivity contribution in [3.8, 4) is 0 Å². The predicted octanol–water partition coefficient (Wildman–Crippen LogP) is 2.02. The van der Waals surface area contributed by atoms with Crippen molar-refractivity contribution in [3.05, 3.63) is 53.0 Å². The molecule has 0 aliphatic carbocycles. The molecule has 1 saturated heterocycles. The number of nitro groups is 1. The zero-order chi connectivity index (χ0) is 17.2. The number of aromatic nitrogens is 4. The largest absolute Gasteiger partial charge is 0.365 e. The second-order valence-corrected chi connectivity index (χ2v) is 5.80. The maximum Gasteiger partial charge on any atom is 0.287 e. The van der Waals surface area contributed by atoms with Crippen LogP contribution in [0.2, 0.25) is 0 Å². The minimum atomic E-state index is -0.456. The first kappa shape index (κ1) is 15.2. The fourth-order valence-corrected chi connectivity index (χ4v) is 2.90. The molecule has 4 heterocycles. The fourth-order valence-electron chi connectivity index (χ4n) is 2.90. The minimum absolute atomic E-state index is 0.0138. The summed E-state index contributed by atoms with van der Waals surface area (Å²) in [5.41, 5.74) is 1.39. The molecule has 0 amide bonds. The van der Waals surface area contributed by atoms with Crippen LogP contribution in [0.15, 0.2) is 42.9 Å². The highest BCUT2D eigenvalue weighted by Gasteiger charge is 2.24. The molecule has 1 N–H and O–H groups in total. The van der Waals surface area contributed by atoms with Gasteiger partial charge in [-0.25, -0.2) is 15.0 Å². The fraction of sp³-hybridized carbons (Fsp3) is 0.250. The third kappa shape index (κ3) is 3.16. The molecule has 126 valence electrons. The lowest BCUT2D eigenvalue weighted by Gasteiger charge is -2.18. The van der Waals surface area contributed by atoms with Gasteiger partial charge in [0.05, 0.1) is 4.92 Å². The van der Waals surface area contributed by atoms with E-state index in [0.717, 1.165) is 30.8 Å². The molecule has 3 aromatic heterocycles. The van der Waals surface area contributed by atoms with E-state index >= 15 is 0 Å². The van der Waals surface area contributed by atoms with Gasteiger partial charge in [-0.3, -0.25) is 15.1 Å². The molecule has 4 rings (SSSR count). The number of nitrogens with zero attached hydrogens (tertiary/aromatic N) is 6. The molecule has 9 nitrogen and oxygen atoms in total. The van der Waals surface area contributed by atoms with Crippen LogP contribution in [-0.4, -0.2) is 44.0 Å². The predicted molar refractivity (Wildman–Crippen MR) is 92.5 cm³/mol. The summed E-state index contributed by atoms with van der Waals surface area (Å²) in [6, 6.07) is 7.15. The molecule has 0 spiro atoms. The van der Waals surface area contributed by atoms with E-state index in [9.17, 15) is 10.1 Å². The van der Waals surface area contributed by atoms with Crippen LogP contribution in [0.3, 0.4) is 0 Å². The van der Waals surface area contributed by atoms with Crippen molar-refractivity contribution in [1.29, 1.82) is 0 Å². The first-order valence-corrected chi connectivity index (χ1v) is 7.89.